The van der Waals surface area contributed by atoms with E-state index in [2.05, 4.69) is 9.88 Å². The number of ether oxygens (including phenoxy) is 1. The number of hydrogen-bond donors (Lipinski definition) is 1. The van der Waals surface area contributed by atoms with Gasteiger partial charge in [0.25, 0.3) is 0 Å². The molecule has 5 rings (SSSR count). The molecule has 8 heteroatoms. The fraction of sp³-hybridized carbons (Fsp3) is 0.222. The summed E-state index contributed by atoms with van der Waals surface area (Å²) < 4.78 is 7.27. The van der Waals surface area contributed by atoms with Gasteiger partial charge in [0.05, 0.1) is 24.0 Å². The number of amides is 2. The van der Waals surface area contributed by atoms with Crippen molar-refractivity contribution >= 4 is 40.3 Å². The topological polar surface area (TPSA) is 76.5 Å². The second kappa shape index (κ2) is 10.2. The van der Waals surface area contributed by atoms with E-state index in [0.717, 1.165) is 28.3 Å². The quantitative estimate of drug-likeness (QED) is 0.416. The summed E-state index contributed by atoms with van der Waals surface area (Å²) in [5, 5.41) is 2.92. The number of fused-ring (bicyclic) bond motifs is 1. The molecule has 0 bridgehead atoms. The highest BCUT2D eigenvalue weighted by Crippen LogP contribution is 2.26. The van der Waals surface area contributed by atoms with Crippen molar-refractivity contribution in [3.05, 3.63) is 84.7 Å². The van der Waals surface area contributed by atoms with Gasteiger partial charge in [-0.3, -0.25) is 14.2 Å². The maximum Gasteiger partial charge on any atom is 0.248 e. The Morgan fingerprint density at radius 1 is 1.03 bits per heavy atom. The SMILES string of the molecule is COc1ccc(NC(=O)C2CSCN2C(=O)CCc2nc3ccccc3n2-c2ccccc2)cc1. The van der Waals surface area contributed by atoms with Crippen LogP contribution in [0.25, 0.3) is 16.7 Å². The molecule has 1 N–H and O–H groups in total. The van der Waals surface area contributed by atoms with Crippen LogP contribution in [0.3, 0.4) is 0 Å². The highest BCUT2D eigenvalue weighted by atomic mass is 32.2. The van der Waals surface area contributed by atoms with E-state index >= 15 is 0 Å². The summed E-state index contributed by atoms with van der Waals surface area (Å²) in [5.74, 6) is 2.42. The number of benzene rings is 3. The largest absolute Gasteiger partial charge is 0.497 e. The van der Waals surface area contributed by atoms with Crippen molar-refractivity contribution in [3.63, 3.8) is 0 Å². The summed E-state index contributed by atoms with van der Waals surface area (Å²) in [7, 11) is 1.60. The third kappa shape index (κ3) is 4.88. The minimum atomic E-state index is -0.498. The van der Waals surface area contributed by atoms with Crippen molar-refractivity contribution in [1.82, 2.24) is 14.5 Å². The van der Waals surface area contributed by atoms with Crippen LogP contribution in [0.2, 0.25) is 0 Å². The Morgan fingerprint density at radius 3 is 2.54 bits per heavy atom. The Bertz CT molecular complexity index is 1340. The maximum absolute atomic E-state index is 13.2. The number of methoxy groups -OCH3 is 1. The minimum Gasteiger partial charge on any atom is -0.497 e. The van der Waals surface area contributed by atoms with Crippen molar-refractivity contribution in [3.8, 4) is 11.4 Å². The van der Waals surface area contributed by atoms with Crippen LogP contribution in [0.4, 0.5) is 5.69 Å². The van der Waals surface area contributed by atoms with Gasteiger partial charge in [-0.05, 0) is 48.5 Å². The number of nitrogens with zero attached hydrogens (tertiary/aromatic N) is 3. The molecule has 4 aromatic rings. The predicted octanol–water partition coefficient (Wildman–Crippen LogP) is 4.51. The van der Waals surface area contributed by atoms with Crippen molar-refractivity contribution in [2.45, 2.75) is 18.9 Å². The second-order valence-electron chi connectivity index (χ2n) is 8.28. The summed E-state index contributed by atoms with van der Waals surface area (Å²) in [5.41, 5.74) is 3.59. The van der Waals surface area contributed by atoms with Crippen molar-refractivity contribution in [1.29, 1.82) is 0 Å². The molecule has 0 spiro atoms. The monoisotopic (exact) mass is 486 g/mol. The van der Waals surface area contributed by atoms with E-state index in [1.807, 2.05) is 54.6 Å². The fourth-order valence-corrected chi connectivity index (χ4v) is 5.46. The van der Waals surface area contributed by atoms with E-state index in [0.29, 0.717) is 23.7 Å². The maximum atomic E-state index is 13.2. The van der Waals surface area contributed by atoms with Gasteiger partial charge in [0.15, 0.2) is 0 Å². The van der Waals surface area contributed by atoms with Gasteiger partial charge in [0.2, 0.25) is 11.8 Å². The highest BCUT2D eigenvalue weighted by Gasteiger charge is 2.34. The Labute approximate surface area is 208 Å². The van der Waals surface area contributed by atoms with Crippen molar-refractivity contribution in [2.75, 3.05) is 24.1 Å². The fourth-order valence-electron chi connectivity index (χ4n) is 4.28. The number of aryl methyl sites for hydroxylation is 1. The van der Waals surface area contributed by atoms with Crippen molar-refractivity contribution in [2.24, 2.45) is 0 Å². The molecule has 1 aliphatic heterocycles. The average Bonchev–Trinajstić information content (AvgIpc) is 3.53. The number of anilines is 1. The molecule has 0 aliphatic carbocycles. The van der Waals surface area contributed by atoms with Gasteiger partial charge in [0, 0.05) is 30.0 Å². The second-order valence-corrected chi connectivity index (χ2v) is 9.28. The first-order chi connectivity index (χ1) is 17.1. The third-order valence-electron chi connectivity index (χ3n) is 6.07. The average molecular weight is 487 g/mol. The number of carbonyl (C=O) groups excluding carboxylic acids is 2. The molecule has 1 aromatic heterocycles. The zero-order valence-corrected chi connectivity index (χ0v) is 20.2. The van der Waals surface area contributed by atoms with E-state index in [9.17, 15) is 9.59 Å². The van der Waals surface area contributed by atoms with Gasteiger partial charge >= 0.3 is 0 Å². The first-order valence-electron chi connectivity index (χ1n) is 11.5. The van der Waals surface area contributed by atoms with E-state index in [-0.39, 0.29) is 18.2 Å². The van der Waals surface area contributed by atoms with Crippen LogP contribution in [0.15, 0.2) is 78.9 Å². The molecule has 35 heavy (non-hydrogen) atoms. The molecule has 1 unspecified atom stereocenters. The summed E-state index contributed by atoms with van der Waals surface area (Å²) in [6, 6.07) is 24.7. The normalized spacial score (nSPS) is 15.3. The molecule has 2 amide bonds. The number of para-hydroxylation sites is 3. The molecule has 0 saturated carbocycles. The van der Waals surface area contributed by atoms with Gasteiger partial charge in [0.1, 0.15) is 17.6 Å². The lowest BCUT2D eigenvalue weighted by atomic mass is 10.2. The van der Waals surface area contributed by atoms with Gasteiger partial charge in [-0.25, -0.2) is 4.98 Å². The smallest absolute Gasteiger partial charge is 0.248 e. The summed E-state index contributed by atoms with van der Waals surface area (Å²) in [6.45, 7) is 0. The lowest BCUT2D eigenvalue weighted by molar-refractivity contribution is -0.136. The van der Waals surface area contributed by atoms with Crippen LogP contribution in [0.5, 0.6) is 5.75 Å². The molecule has 178 valence electrons. The third-order valence-corrected chi connectivity index (χ3v) is 7.08. The Balaban J connectivity index is 1.29. The van der Waals surface area contributed by atoms with Crippen LogP contribution in [0, 0.1) is 0 Å². The Morgan fingerprint density at radius 2 is 1.77 bits per heavy atom. The van der Waals surface area contributed by atoms with Crippen molar-refractivity contribution < 1.29 is 14.3 Å². The summed E-state index contributed by atoms with van der Waals surface area (Å²) in [6.07, 6.45) is 0.763. The van der Waals surface area contributed by atoms with E-state index in [1.165, 1.54) is 0 Å². The molecule has 1 saturated heterocycles. The van der Waals surface area contributed by atoms with Crippen LogP contribution >= 0.6 is 11.8 Å². The van der Waals surface area contributed by atoms with Gasteiger partial charge < -0.3 is 15.0 Å². The number of nitrogens with one attached hydrogen (secondary N) is 1. The Kier molecular flexibility index (Phi) is 6.72. The number of rotatable bonds is 7. The highest BCUT2D eigenvalue weighted by molar-refractivity contribution is 7.99. The van der Waals surface area contributed by atoms with Gasteiger partial charge in [-0.2, -0.15) is 0 Å². The molecule has 1 atom stereocenters. The zero-order valence-electron chi connectivity index (χ0n) is 19.4. The lowest BCUT2D eigenvalue weighted by Crippen LogP contribution is -2.44. The molecule has 2 heterocycles. The number of thioether (sulfide) groups is 1. The molecule has 1 fully saturated rings. The van der Waals surface area contributed by atoms with Crippen LogP contribution in [-0.2, 0) is 16.0 Å². The minimum absolute atomic E-state index is 0.0449. The summed E-state index contributed by atoms with van der Waals surface area (Å²) >= 11 is 1.59. The van der Waals surface area contributed by atoms with E-state index < -0.39 is 6.04 Å². The lowest BCUT2D eigenvalue weighted by Gasteiger charge is -2.23. The molecular weight excluding hydrogens is 460 g/mol. The first kappa shape index (κ1) is 23.0. The van der Waals surface area contributed by atoms with Crippen LogP contribution in [0.1, 0.15) is 12.2 Å². The predicted molar refractivity (Wildman–Crippen MR) is 139 cm³/mol. The number of aromatic nitrogens is 2. The standard InChI is InChI=1S/C27H26N4O3S/c1-34-21-13-11-19(12-14-21)28-27(33)24-17-35-18-30(24)26(32)16-15-25-29-22-9-5-6-10-23(22)31(25)20-7-3-2-4-8-20/h2-14,24H,15-18H2,1H3,(H,28,33). The number of carbonyl (C=O) groups is 2. The van der Waals surface area contributed by atoms with Crippen LogP contribution in [-0.4, -0.2) is 51.0 Å². The molecule has 1 aliphatic rings. The number of hydrogen-bond acceptors (Lipinski definition) is 5. The Hall–Kier alpha value is -3.78. The molecule has 0 radical (unpaired) electrons. The van der Waals surface area contributed by atoms with Crippen LogP contribution < -0.4 is 10.1 Å². The zero-order chi connectivity index (χ0) is 24.2. The first-order valence-corrected chi connectivity index (χ1v) is 12.6. The van der Waals surface area contributed by atoms with Gasteiger partial charge in [-0.1, -0.05) is 30.3 Å². The molecular formula is C27H26N4O3S. The number of imidazole rings is 1. The molecule has 7 nitrogen and oxygen atoms in total. The van der Waals surface area contributed by atoms with Gasteiger partial charge in [-0.15, -0.1) is 11.8 Å². The molecule has 3 aromatic carbocycles. The summed E-state index contributed by atoms with van der Waals surface area (Å²) in [4.78, 5) is 32.6. The van der Waals surface area contributed by atoms with E-state index in [4.69, 9.17) is 9.72 Å². The van der Waals surface area contributed by atoms with E-state index in [1.54, 1.807) is 48.0 Å².